The van der Waals surface area contributed by atoms with Gasteiger partial charge in [0.2, 0.25) is 0 Å². The third kappa shape index (κ3) is 4.67. The molecule has 0 spiro atoms. The Kier molecular flexibility index (Phi) is 5.96. The third-order valence-corrected chi connectivity index (χ3v) is 2.45. The van der Waals surface area contributed by atoms with E-state index in [1.807, 2.05) is 19.1 Å². The van der Waals surface area contributed by atoms with Crippen LogP contribution >= 0.6 is 11.6 Å². The quantitative estimate of drug-likeness (QED) is 0.642. The van der Waals surface area contributed by atoms with Gasteiger partial charge in [-0.15, -0.1) is 0 Å². The standard InChI is InChI=1S/C14H15ClO4/c1-3-4-7-19-14-10(5-6-13(16)17)8-11(15)9-12(14)18-2/h3-6,8-9H,7H2,1-2H3,(H,16,17)/b4-3+,6-5+. The number of carbonyl (C=O) groups is 1. The Bertz CT molecular complexity index is 506. The van der Waals surface area contributed by atoms with Crippen LogP contribution in [0.25, 0.3) is 6.08 Å². The highest BCUT2D eigenvalue weighted by atomic mass is 35.5. The molecular weight excluding hydrogens is 268 g/mol. The van der Waals surface area contributed by atoms with E-state index < -0.39 is 5.97 Å². The summed E-state index contributed by atoms with van der Waals surface area (Å²) in [6, 6.07) is 3.24. The first kappa shape index (κ1) is 15.1. The number of carboxylic acid groups (broad SMARTS) is 1. The van der Waals surface area contributed by atoms with E-state index >= 15 is 0 Å². The molecule has 0 atom stereocenters. The van der Waals surface area contributed by atoms with E-state index in [1.165, 1.54) is 13.2 Å². The van der Waals surface area contributed by atoms with Crippen molar-refractivity contribution < 1.29 is 19.4 Å². The summed E-state index contributed by atoms with van der Waals surface area (Å²) >= 11 is 5.95. The average Bonchev–Trinajstić information content (AvgIpc) is 2.37. The van der Waals surface area contributed by atoms with Gasteiger partial charge in [-0.2, -0.15) is 0 Å². The molecule has 102 valence electrons. The summed E-state index contributed by atoms with van der Waals surface area (Å²) < 4.78 is 10.8. The van der Waals surface area contributed by atoms with Crippen molar-refractivity contribution in [3.8, 4) is 11.5 Å². The summed E-state index contributed by atoms with van der Waals surface area (Å²) in [5.41, 5.74) is 0.552. The number of ether oxygens (including phenoxy) is 2. The smallest absolute Gasteiger partial charge is 0.328 e. The summed E-state index contributed by atoms with van der Waals surface area (Å²) in [4.78, 5) is 10.6. The molecule has 0 heterocycles. The fourth-order valence-electron chi connectivity index (χ4n) is 1.41. The molecule has 0 saturated heterocycles. The van der Waals surface area contributed by atoms with Crippen molar-refractivity contribution in [1.29, 1.82) is 0 Å². The van der Waals surface area contributed by atoms with Gasteiger partial charge in [-0.05, 0) is 19.1 Å². The van der Waals surface area contributed by atoms with E-state index in [1.54, 1.807) is 12.1 Å². The number of hydrogen-bond donors (Lipinski definition) is 1. The molecule has 0 fully saturated rings. The molecule has 0 unspecified atom stereocenters. The lowest BCUT2D eigenvalue weighted by Gasteiger charge is -2.12. The first-order chi connectivity index (χ1) is 9.08. The predicted octanol–water partition coefficient (Wildman–Crippen LogP) is 3.40. The maximum Gasteiger partial charge on any atom is 0.328 e. The molecule has 1 N–H and O–H groups in total. The SMILES string of the molecule is C/C=C/COc1c(/C=C/C(=O)O)cc(Cl)cc1OC. The zero-order chi connectivity index (χ0) is 14.3. The second kappa shape index (κ2) is 7.48. The molecule has 1 aromatic carbocycles. The maximum atomic E-state index is 10.6. The van der Waals surface area contributed by atoms with Gasteiger partial charge in [-0.1, -0.05) is 23.8 Å². The minimum Gasteiger partial charge on any atom is -0.493 e. The number of methoxy groups -OCH3 is 1. The summed E-state index contributed by atoms with van der Waals surface area (Å²) in [6.07, 6.45) is 6.13. The molecule has 1 rings (SSSR count). The summed E-state index contributed by atoms with van der Waals surface area (Å²) in [6.45, 7) is 2.25. The van der Waals surface area contributed by atoms with Crippen molar-refractivity contribution in [3.05, 3.63) is 40.9 Å². The second-order valence-corrected chi connectivity index (χ2v) is 4.01. The van der Waals surface area contributed by atoms with E-state index in [-0.39, 0.29) is 0 Å². The second-order valence-electron chi connectivity index (χ2n) is 3.58. The molecule has 5 heteroatoms. The minimum absolute atomic E-state index is 0.363. The lowest BCUT2D eigenvalue weighted by Crippen LogP contribution is -1.99. The molecule has 0 aromatic heterocycles. The van der Waals surface area contributed by atoms with Gasteiger partial charge in [-0.25, -0.2) is 4.79 Å². The first-order valence-electron chi connectivity index (χ1n) is 5.61. The Labute approximate surface area is 116 Å². The van der Waals surface area contributed by atoms with Gasteiger partial charge >= 0.3 is 5.97 Å². The van der Waals surface area contributed by atoms with Gasteiger partial charge in [0.25, 0.3) is 0 Å². The van der Waals surface area contributed by atoms with Gasteiger partial charge in [0, 0.05) is 22.7 Å². The lowest BCUT2D eigenvalue weighted by molar-refractivity contribution is -0.131. The van der Waals surface area contributed by atoms with Crippen molar-refractivity contribution in [2.45, 2.75) is 6.92 Å². The van der Waals surface area contributed by atoms with Crippen LogP contribution in [0.1, 0.15) is 12.5 Å². The Morgan fingerprint density at radius 1 is 1.47 bits per heavy atom. The number of allylic oxidation sites excluding steroid dienone is 1. The largest absolute Gasteiger partial charge is 0.493 e. The van der Waals surface area contributed by atoms with Crippen molar-refractivity contribution >= 4 is 23.6 Å². The Morgan fingerprint density at radius 2 is 2.21 bits per heavy atom. The van der Waals surface area contributed by atoms with E-state index in [2.05, 4.69) is 0 Å². The van der Waals surface area contributed by atoms with E-state index in [0.717, 1.165) is 6.08 Å². The molecule has 0 aliphatic carbocycles. The molecule has 1 aromatic rings. The van der Waals surface area contributed by atoms with Crippen molar-refractivity contribution in [1.82, 2.24) is 0 Å². The number of rotatable bonds is 6. The van der Waals surface area contributed by atoms with Gasteiger partial charge in [-0.3, -0.25) is 0 Å². The minimum atomic E-state index is -1.04. The molecule has 19 heavy (non-hydrogen) atoms. The first-order valence-corrected chi connectivity index (χ1v) is 5.98. The van der Waals surface area contributed by atoms with Crippen LogP contribution in [0.4, 0.5) is 0 Å². The highest BCUT2D eigenvalue weighted by Gasteiger charge is 2.11. The van der Waals surface area contributed by atoms with Crippen LogP contribution in [0.3, 0.4) is 0 Å². The van der Waals surface area contributed by atoms with Crippen LogP contribution in [0.5, 0.6) is 11.5 Å². The fourth-order valence-corrected chi connectivity index (χ4v) is 1.62. The van der Waals surface area contributed by atoms with Crippen LogP contribution in [0.15, 0.2) is 30.4 Å². The van der Waals surface area contributed by atoms with Crippen molar-refractivity contribution in [3.63, 3.8) is 0 Å². The molecule has 0 saturated carbocycles. The molecule has 0 aliphatic heterocycles. The average molecular weight is 283 g/mol. The molecule has 4 nitrogen and oxygen atoms in total. The van der Waals surface area contributed by atoms with Crippen LogP contribution in [0.2, 0.25) is 5.02 Å². The predicted molar refractivity (Wildman–Crippen MR) is 75.0 cm³/mol. The number of carboxylic acids is 1. The number of benzene rings is 1. The van der Waals surface area contributed by atoms with Crippen LogP contribution < -0.4 is 9.47 Å². The van der Waals surface area contributed by atoms with Crippen LogP contribution in [-0.4, -0.2) is 24.8 Å². The van der Waals surface area contributed by atoms with Crippen molar-refractivity contribution in [2.24, 2.45) is 0 Å². The topological polar surface area (TPSA) is 55.8 Å². The molecule has 0 bridgehead atoms. The third-order valence-electron chi connectivity index (χ3n) is 2.23. The molecule has 0 amide bonds. The highest BCUT2D eigenvalue weighted by molar-refractivity contribution is 6.31. The summed E-state index contributed by atoms with van der Waals surface area (Å²) in [7, 11) is 1.50. The van der Waals surface area contributed by atoms with Crippen LogP contribution in [0, 0.1) is 0 Å². The van der Waals surface area contributed by atoms with Gasteiger partial charge in [0.1, 0.15) is 6.61 Å². The number of hydrogen-bond acceptors (Lipinski definition) is 3. The maximum absolute atomic E-state index is 10.6. The Hall–Kier alpha value is -1.94. The lowest BCUT2D eigenvalue weighted by atomic mass is 10.1. The highest BCUT2D eigenvalue weighted by Crippen LogP contribution is 2.35. The molecular formula is C14H15ClO4. The van der Waals surface area contributed by atoms with E-state index in [9.17, 15) is 4.79 Å². The zero-order valence-electron chi connectivity index (χ0n) is 10.7. The zero-order valence-corrected chi connectivity index (χ0v) is 11.5. The summed E-state index contributed by atoms with van der Waals surface area (Å²) in [5, 5.41) is 9.12. The normalized spacial score (nSPS) is 11.1. The van der Waals surface area contributed by atoms with Gasteiger partial charge in [0.15, 0.2) is 11.5 Å². The molecule has 0 radical (unpaired) electrons. The fraction of sp³-hybridized carbons (Fsp3) is 0.214. The Balaban J connectivity index is 3.16. The van der Waals surface area contributed by atoms with Gasteiger partial charge < -0.3 is 14.6 Å². The monoisotopic (exact) mass is 282 g/mol. The van der Waals surface area contributed by atoms with E-state index in [4.69, 9.17) is 26.2 Å². The number of halogens is 1. The Morgan fingerprint density at radius 3 is 2.79 bits per heavy atom. The van der Waals surface area contributed by atoms with Crippen LogP contribution in [-0.2, 0) is 4.79 Å². The van der Waals surface area contributed by atoms with E-state index in [0.29, 0.717) is 28.7 Å². The molecule has 0 aliphatic rings. The number of aliphatic carboxylic acids is 1. The summed E-state index contributed by atoms with van der Waals surface area (Å²) in [5.74, 6) is -0.122. The van der Waals surface area contributed by atoms with Crippen molar-refractivity contribution in [2.75, 3.05) is 13.7 Å². The van der Waals surface area contributed by atoms with Gasteiger partial charge in [0.05, 0.1) is 7.11 Å².